The van der Waals surface area contributed by atoms with Gasteiger partial charge in [0.25, 0.3) is 0 Å². The van der Waals surface area contributed by atoms with Crippen LogP contribution in [0, 0.1) is 0 Å². The van der Waals surface area contributed by atoms with E-state index in [0.29, 0.717) is 0 Å². The average Bonchev–Trinajstić information content (AvgIpc) is 3.64. The zero-order valence-electron chi connectivity index (χ0n) is 19.5. The minimum absolute atomic E-state index is 0.0176. The van der Waals surface area contributed by atoms with Gasteiger partial charge in [0.2, 0.25) is 0 Å². The van der Waals surface area contributed by atoms with Crippen LogP contribution in [-0.4, -0.2) is 5.54 Å². The minimum atomic E-state index is 0.0176. The molecule has 0 unspecified atom stereocenters. The minimum Gasteiger partial charge on any atom is -0.375 e. The number of anilines is 1. The van der Waals surface area contributed by atoms with Gasteiger partial charge in [-0.25, -0.2) is 0 Å². The molecule has 170 valence electrons. The summed E-state index contributed by atoms with van der Waals surface area (Å²) in [5.41, 5.74) is 10.7. The molecule has 0 aliphatic heterocycles. The zero-order chi connectivity index (χ0) is 23.0. The fourth-order valence-corrected chi connectivity index (χ4v) is 5.68. The van der Waals surface area contributed by atoms with Crippen molar-refractivity contribution in [1.82, 2.24) is 0 Å². The zero-order valence-corrected chi connectivity index (χ0v) is 20.2. The van der Waals surface area contributed by atoms with E-state index in [0.717, 1.165) is 42.0 Å². The SMILES string of the molecule is Clc1ccc(NC2(C3=C(c4ccccc4)CCC=C3)CC2)cc1C(=C1CCC1)c1ccccc1. The van der Waals surface area contributed by atoms with Gasteiger partial charge in [0.05, 0.1) is 5.54 Å². The highest BCUT2D eigenvalue weighted by Crippen LogP contribution is 2.50. The summed E-state index contributed by atoms with van der Waals surface area (Å²) in [5.74, 6) is 0. The van der Waals surface area contributed by atoms with Crippen LogP contribution in [0.4, 0.5) is 5.69 Å². The molecular weight excluding hydrogens is 434 g/mol. The number of halogens is 1. The maximum atomic E-state index is 6.82. The fourth-order valence-electron chi connectivity index (χ4n) is 5.47. The van der Waals surface area contributed by atoms with Gasteiger partial charge in [0.1, 0.15) is 0 Å². The molecule has 3 aliphatic rings. The van der Waals surface area contributed by atoms with Gasteiger partial charge in [-0.05, 0) is 91.0 Å². The van der Waals surface area contributed by atoms with Crippen LogP contribution in [0.2, 0.25) is 5.02 Å². The summed E-state index contributed by atoms with van der Waals surface area (Å²) in [6, 6.07) is 28.2. The molecule has 3 aliphatic carbocycles. The van der Waals surface area contributed by atoms with Crippen molar-refractivity contribution in [3.63, 3.8) is 0 Å². The van der Waals surface area contributed by atoms with E-state index < -0.39 is 0 Å². The summed E-state index contributed by atoms with van der Waals surface area (Å²) in [6.45, 7) is 0. The Hall–Kier alpha value is -3.03. The van der Waals surface area contributed by atoms with Crippen LogP contribution in [0.3, 0.4) is 0 Å². The first-order valence-corrected chi connectivity index (χ1v) is 12.9. The second kappa shape index (κ2) is 8.96. The lowest BCUT2D eigenvalue weighted by Crippen LogP contribution is -2.25. The van der Waals surface area contributed by atoms with Crippen molar-refractivity contribution in [2.24, 2.45) is 0 Å². The van der Waals surface area contributed by atoms with E-state index in [1.807, 2.05) is 0 Å². The Morgan fingerprint density at radius 2 is 1.56 bits per heavy atom. The third-order valence-corrected chi connectivity index (χ3v) is 7.88. The molecule has 0 bridgehead atoms. The topological polar surface area (TPSA) is 12.0 Å². The Morgan fingerprint density at radius 1 is 0.824 bits per heavy atom. The Kier molecular flexibility index (Phi) is 5.67. The summed E-state index contributed by atoms with van der Waals surface area (Å²) in [6.07, 6.45) is 12.9. The lowest BCUT2D eigenvalue weighted by atomic mass is 9.82. The third-order valence-electron chi connectivity index (χ3n) is 7.55. The highest BCUT2D eigenvalue weighted by molar-refractivity contribution is 6.32. The lowest BCUT2D eigenvalue weighted by molar-refractivity contribution is 0.666. The molecule has 0 heterocycles. The van der Waals surface area contributed by atoms with Crippen molar-refractivity contribution in [1.29, 1.82) is 0 Å². The summed E-state index contributed by atoms with van der Waals surface area (Å²) >= 11 is 6.82. The number of benzene rings is 3. The molecule has 3 aromatic carbocycles. The van der Waals surface area contributed by atoms with E-state index in [-0.39, 0.29) is 5.54 Å². The first-order chi connectivity index (χ1) is 16.7. The van der Waals surface area contributed by atoms with Gasteiger partial charge >= 0.3 is 0 Å². The van der Waals surface area contributed by atoms with Crippen molar-refractivity contribution in [2.45, 2.75) is 50.5 Å². The van der Waals surface area contributed by atoms with E-state index >= 15 is 0 Å². The van der Waals surface area contributed by atoms with Gasteiger partial charge < -0.3 is 5.32 Å². The number of hydrogen-bond acceptors (Lipinski definition) is 1. The lowest BCUT2D eigenvalue weighted by Gasteiger charge is -2.28. The Labute approximate surface area is 207 Å². The molecule has 1 N–H and O–H groups in total. The maximum absolute atomic E-state index is 6.82. The summed E-state index contributed by atoms with van der Waals surface area (Å²) in [4.78, 5) is 0. The van der Waals surface area contributed by atoms with E-state index in [4.69, 9.17) is 11.6 Å². The second-order valence-electron chi connectivity index (χ2n) is 9.80. The first kappa shape index (κ1) is 21.5. The predicted molar refractivity (Wildman–Crippen MR) is 145 cm³/mol. The van der Waals surface area contributed by atoms with E-state index in [2.05, 4.69) is 96.3 Å². The van der Waals surface area contributed by atoms with Gasteiger partial charge in [-0.15, -0.1) is 0 Å². The second-order valence-corrected chi connectivity index (χ2v) is 10.2. The van der Waals surface area contributed by atoms with Gasteiger partial charge in [0, 0.05) is 16.3 Å². The third kappa shape index (κ3) is 4.03. The van der Waals surface area contributed by atoms with Crippen molar-refractivity contribution in [3.8, 4) is 0 Å². The molecule has 0 spiro atoms. The smallest absolute Gasteiger partial charge is 0.0630 e. The van der Waals surface area contributed by atoms with Crippen LogP contribution in [0.15, 0.2) is 102 Å². The molecule has 0 radical (unpaired) electrons. The summed E-state index contributed by atoms with van der Waals surface area (Å²) in [7, 11) is 0. The molecule has 2 fully saturated rings. The predicted octanol–water partition coefficient (Wildman–Crippen LogP) is 9.07. The van der Waals surface area contributed by atoms with Crippen molar-refractivity contribution >= 4 is 28.4 Å². The van der Waals surface area contributed by atoms with E-state index in [1.165, 1.54) is 52.7 Å². The van der Waals surface area contributed by atoms with E-state index in [1.54, 1.807) is 0 Å². The van der Waals surface area contributed by atoms with Crippen LogP contribution in [0.5, 0.6) is 0 Å². The van der Waals surface area contributed by atoms with Crippen LogP contribution < -0.4 is 5.32 Å². The summed E-state index contributed by atoms with van der Waals surface area (Å²) in [5, 5.41) is 4.79. The number of nitrogens with one attached hydrogen (secondary N) is 1. The molecule has 2 heteroatoms. The normalized spacial score (nSPS) is 18.4. The van der Waals surface area contributed by atoms with Gasteiger partial charge in [0.15, 0.2) is 0 Å². The average molecular weight is 464 g/mol. The molecule has 0 aromatic heterocycles. The molecule has 0 saturated heterocycles. The fraction of sp³-hybridized carbons (Fsp3) is 0.250. The molecule has 34 heavy (non-hydrogen) atoms. The van der Waals surface area contributed by atoms with Crippen molar-refractivity contribution in [2.75, 3.05) is 5.32 Å². The van der Waals surface area contributed by atoms with Crippen molar-refractivity contribution in [3.05, 3.63) is 124 Å². The van der Waals surface area contributed by atoms with E-state index in [9.17, 15) is 0 Å². The standard InChI is InChI=1S/C32H30ClN/c33-30-19-18-26(22-28(30)31(25-14-9-15-25)24-12-5-2-6-13-24)34-32(20-21-32)29-17-8-7-16-27(29)23-10-3-1-4-11-23/h1-6,8,10-13,17-19,22,34H,7,9,14-16,20-21H2. The maximum Gasteiger partial charge on any atom is 0.0630 e. The van der Waals surface area contributed by atoms with Crippen LogP contribution >= 0.6 is 11.6 Å². The first-order valence-electron chi connectivity index (χ1n) is 12.5. The summed E-state index contributed by atoms with van der Waals surface area (Å²) < 4.78 is 0. The number of hydrogen-bond donors (Lipinski definition) is 1. The Bertz CT molecular complexity index is 1290. The monoisotopic (exact) mass is 463 g/mol. The van der Waals surface area contributed by atoms with Gasteiger partial charge in [-0.1, -0.05) is 90.0 Å². The van der Waals surface area contributed by atoms with Gasteiger partial charge in [-0.3, -0.25) is 0 Å². The number of rotatable bonds is 6. The van der Waals surface area contributed by atoms with Crippen LogP contribution in [-0.2, 0) is 0 Å². The van der Waals surface area contributed by atoms with Crippen LogP contribution in [0.25, 0.3) is 11.1 Å². The highest BCUT2D eigenvalue weighted by atomic mass is 35.5. The Balaban J connectivity index is 1.38. The van der Waals surface area contributed by atoms with Gasteiger partial charge in [-0.2, -0.15) is 0 Å². The molecule has 6 rings (SSSR count). The molecule has 1 nitrogen and oxygen atoms in total. The Morgan fingerprint density at radius 3 is 2.24 bits per heavy atom. The number of allylic oxidation sites excluding steroid dienone is 3. The molecule has 0 amide bonds. The molecule has 0 atom stereocenters. The highest BCUT2D eigenvalue weighted by Gasteiger charge is 2.46. The molecule has 2 saturated carbocycles. The largest absolute Gasteiger partial charge is 0.375 e. The van der Waals surface area contributed by atoms with Crippen molar-refractivity contribution < 1.29 is 0 Å². The molecule has 3 aromatic rings. The van der Waals surface area contributed by atoms with Crippen LogP contribution in [0.1, 0.15) is 61.6 Å². The molecular formula is C32H30ClN. The quantitative estimate of drug-likeness (QED) is 0.384.